The summed E-state index contributed by atoms with van der Waals surface area (Å²) >= 11 is 5.73. The number of carboxylic acids is 1. The molecule has 5 rings (SSSR count). The van der Waals surface area contributed by atoms with Crippen LogP contribution in [0.2, 0.25) is 0 Å². The molecule has 0 saturated carbocycles. The van der Waals surface area contributed by atoms with Crippen LogP contribution in [0.25, 0.3) is 5.69 Å². The van der Waals surface area contributed by atoms with Gasteiger partial charge in [0.2, 0.25) is 5.91 Å². The SMILES string of the molecule is Cc1cc([C@@H]2[C@H](c3ccccn3)NC(=S)N2CC(=O)Nc2ccccc2)c(C)n1-c1cccc(C(=O)O)c1. The fraction of sp³-hybridized carbons (Fsp3) is 0.172. The second-order valence-electron chi connectivity index (χ2n) is 9.19. The lowest BCUT2D eigenvalue weighted by Crippen LogP contribution is -2.37. The van der Waals surface area contributed by atoms with E-state index in [1.165, 1.54) is 0 Å². The first kappa shape index (κ1) is 25.2. The molecule has 0 aliphatic carbocycles. The van der Waals surface area contributed by atoms with E-state index < -0.39 is 5.97 Å². The van der Waals surface area contributed by atoms with Gasteiger partial charge in [0.05, 0.1) is 23.3 Å². The van der Waals surface area contributed by atoms with E-state index in [1.807, 2.05) is 77.9 Å². The average molecular weight is 526 g/mol. The van der Waals surface area contributed by atoms with Gasteiger partial charge in [-0.1, -0.05) is 30.3 Å². The van der Waals surface area contributed by atoms with Gasteiger partial charge in [0.15, 0.2) is 5.11 Å². The molecule has 3 heterocycles. The van der Waals surface area contributed by atoms with Gasteiger partial charge < -0.3 is 25.2 Å². The number of carbonyl (C=O) groups excluding carboxylic acids is 1. The van der Waals surface area contributed by atoms with Crippen molar-refractivity contribution in [1.82, 2.24) is 19.8 Å². The van der Waals surface area contributed by atoms with Gasteiger partial charge in [0, 0.05) is 29.0 Å². The number of benzene rings is 2. The first-order valence-corrected chi connectivity index (χ1v) is 12.6. The Morgan fingerprint density at radius 1 is 1.03 bits per heavy atom. The molecule has 9 heteroatoms. The third-order valence-electron chi connectivity index (χ3n) is 6.71. The van der Waals surface area contributed by atoms with Crippen molar-refractivity contribution >= 4 is 34.9 Å². The molecule has 4 aromatic rings. The summed E-state index contributed by atoms with van der Waals surface area (Å²) in [6, 6.07) is 23.4. The first-order valence-electron chi connectivity index (χ1n) is 12.2. The van der Waals surface area contributed by atoms with Gasteiger partial charge in [-0.15, -0.1) is 0 Å². The number of nitrogens with zero attached hydrogens (tertiary/aromatic N) is 3. The maximum absolute atomic E-state index is 13.1. The van der Waals surface area contributed by atoms with Crippen LogP contribution >= 0.6 is 12.2 Å². The highest BCUT2D eigenvalue weighted by Crippen LogP contribution is 2.41. The number of amides is 1. The van der Waals surface area contributed by atoms with Crippen LogP contribution in [0.1, 0.15) is 45.1 Å². The normalized spacial score (nSPS) is 16.8. The molecule has 1 aliphatic rings. The predicted octanol–water partition coefficient (Wildman–Crippen LogP) is 4.80. The lowest BCUT2D eigenvalue weighted by Gasteiger charge is -2.27. The monoisotopic (exact) mass is 525 g/mol. The quantitative estimate of drug-likeness (QED) is 0.298. The van der Waals surface area contributed by atoms with E-state index in [0.29, 0.717) is 10.8 Å². The van der Waals surface area contributed by atoms with Gasteiger partial charge in [-0.05, 0) is 80.2 Å². The van der Waals surface area contributed by atoms with Crippen LogP contribution in [-0.4, -0.2) is 43.1 Å². The Balaban J connectivity index is 1.55. The molecular formula is C29H27N5O3S. The topological polar surface area (TPSA) is 99.5 Å². The van der Waals surface area contributed by atoms with Crippen LogP contribution in [0.3, 0.4) is 0 Å². The molecule has 2 aromatic heterocycles. The molecule has 192 valence electrons. The van der Waals surface area contributed by atoms with E-state index in [1.54, 1.807) is 24.4 Å². The Bertz CT molecular complexity index is 1500. The Hall–Kier alpha value is -4.50. The predicted molar refractivity (Wildman–Crippen MR) is 149 cm³/mol. The Morgan fingerprint density at radius 2 is 1.79 bits per heavy atom. The number of carbonyl (C=O) groups is 2. The molecule has 0 unspecified atom stereocenters. The van der Waals surface area contributed by atoms with Gasteiger partial charge in [-0.2, -0.15) is 0 Å². The Morgan fingerprint density at radius 3 is 2.50 bits per heavy atom. The average Bonchev–Trinajstić information content (AvgIpc) is 3.39. The van der Waals surface area contributed by atoms with Crippen molar-refractivity contribution in [1.29, 1.82) is 0 Å². The summed E-state index contributed by atoms with van der Waals surface area (Å²) in [5.41, 5.74) is 5.32. The standard InChI is InChI=1S/C29H27N5O3S/c1-18-15-23(19(2)34(18)22-12-8-9-20(16-22)28(36)37)27-26(24-13-6-7-14-30-24)32-29(38)33(27)17-25(35)31-21-10-4-3-5-11-21/h3-16,26-27H,17H2,1-2H3,(H,31,35)(H,32,38)(H,36,37)/t26-,27+/m0/s1. The minimum atomic E-state index is -0.981. The highest BCUT2D eigenvalue weighted by atomic mass is 32.1. The zero-order chi connectivity index (χ0) is 26.8. The number of carboxylic acid groups (broad SMARTS) is 1. The Kier molecular flexibility index (Phi) is 6.93. The number of aromatic carboxylic acids is 1. The fourth-order valence-corrected chi connectivity index (χ4v) is 5.36. The number of pyridine rings is 1. The van der Waals surface area contributed by atoms with E-state index in [-0.39, 0.29) is 30.1 Å². The molecule has 0 spiro atoms. The van der Waals surface area contributed by atoms with Gasteiger partial charge in [0.25, 0.3) is 0 Å². The zero-order valence-corrected chi connectivity index (χ0v) is 21.8. The number of anilines is 1. The summed E-state index contributed by atoms with van der Waals surface area (Å²) in [5, 5.41) is 16.3. The number of rotatable bonds is 7. The van der Waals surface area contributed by atoms with Crippen molar-refractivity contribution in [3.8, 4) is 5.69 Å². The highest BCUT2D eigenvalue weighted by Gasteiger charge is 2.42. The molecule has 1 amide bonds. The molecule has 2 aromatic carbocycles. The number of hydrogen-bond acceptors (Lipinski definition) is 4. The van der Waals surface area contributed by atoms with Crippen LogP contribution in [0.15, 0.2) is 85.1 Å². The molecule has 38 heavy (non-hydrogen) atoms. The van der Waals surface area contributed by atoms with E-state index >= 15 is 0 Å². The number of para-hydroxylation sites is 1. The van der Waals surface area contributed by atoms with Crippen molar-refractivity contribution in [3.05, 3.63) is 113 Å². The highest BCUT2D eigenvalue weighted by molar-refractivity contribution is 7.80. The van der Waals surface area contributed by atoms with E-state index in [9.17, 15) is 14.7 Å². The van der Waals surface area contributed by atoms with E-state index in [4.69, 9.17) is 12.2 Å². The minimum absolute atomic E-state index is 0.0485. The van der Waals surface area contributed by atoms with Gasteiger partial charge in [-0.3, -0.25) is 9.78 Å². The molecule has 1 saturated heterocycles. The molecular weight excluding hydrogens is 498 g/mol. The molecule has 1 aliphatic heterocycles. The number of hydrogen-bond donors (Lipinski definition) is 3. The number of nitrogens with one attached hydrogen (secondary N) is 2. The van der Waals surface area contributed by atoms with Crippen LogP contribution in [0.4, 0.5) is 5.69 Å². The van der Waals surface area contributed by atoms with Crippen LogP contribution in [0, 0.1) is 13.8 Å². The summed E-state index contributed by atoms with van der Waals surface area (Å²) in [4.78, 5) is 31.2. The molecule has 1 fully saturated rings. The lowest BCUT2D eigenvalue weighted by atomic mass is 9.96. The Labute approximate surface area is 225 Å². The van der Waals surface area contributed by atoms with Gasteiger partial charge in [0.1, 0.15) is 6.54 Å². The van der Waals surface area contributed by atoms with Crippen molar-refractivity contribution in [2.75, 3.05) is 11.9 Å². The summed E-state index contributed by atoms with van der Waals surface area (Å²) in [6.45, 7) is 4.02. The van der Waals surface area contributed by atoms with Crippen LogP contribution < -0.4 is 10.6 Å². The van der Waals surface area contributed by atoms with E-state index in [0.717, 1.165) is 28.3 Å². The summed E-state index contributed by atoms with van der Waals surface area (Å²) in [5.74, 6) is -1.17. The van der Waals surface area contributed by atoms with Crippen molar-refractivity contribution in [2.24, 2.45) is 0 Å². The molecule has 0 radical (unpaired) electrons. The maximum atomic E-state index is 13.1. The minimum Gasteiger partial charge on any atom is -0.478 e. The largest absolute Gasteiger partial charge is 0.478 e. The molecule has 3 N–H and O–H groups in total. The van der Waals surface area contributed by atoms with E-state index in [2.05, 4.69) is 21.7 Å². The number of thiocarbonyl (C=S) groups is 1. The molecule has 2 atom stereocenters. The second-order valence-corrected chi connectivity index (χ2v) is 9.57. The fourth-order valence-electron chi connectivity index (χ4n) is 5.05. The summed E-state index contributed by atoms with van der Waals surface area (Å²) in [6.07, 6.45) is 1.74. The van der Waals surface area contributed by atoms with Crippen LogP contribution in [0.5, 0.6) is 0 Å². The zero-order valence-electron chi connectivity index (χ0n) is 21.0. The molecule has 8 nitrogen and oxygen atoms in total. The number of aryl methyl sites for hydroxylation is 1. The smallest absolute Gasteiger partial charge is 0.335 e. The van der Waals surface area contributed by atoms with Crippen molar-refractivity contribution in [3.63, 3.8) is 0 Å². The van der Waals surface area contributed by atoms with Gasteiger partial charge in [-0.25, -0.2) is 4.79 Å². The van der Waals surface area contributed by atoms with Crippen LogP contribution in [-0.2, 0) is 4.79 Å². The lowest BCUT2D eigenvalue weighted by molar-refractivity contribution is -0.116. The number of aromatic nitrogens is 2. The first-order chi connectivity index (χ1) is 18.3. The second kappa shape index (κ2) is 10.5. The van der Waals surface area contributed by atoms with Crippen molar-refractivity contribution in [2.45, 2.75) is 25.9 Å². The van der Waals surface area contributed by atoms with Crippen molar-refractivity contribution < 1.29 is 14.7 Å². The third-order valence-corrected chi connectivity index (χ3v) is 7.06. The third kappa shape index (κ3) is 4.88. The van der Waals surface area contributed by atoms with Gasteiger partial charge >= 0.3 is 5.97 Å². The summed E-state index contributed by atoms with van der Waals surface area (Å²) in [7, 11) is 0. The molecule has 0 bridgehead atoms. The summed E-state index contributed by atoms with van der Waals surface area (Å²) < 4.78 is 2.03. The maximum Gasteiger partial charge on any atom is 0.335 e.